The molecule has 2 heterocycles. The van der Waals surface area contributed by atoms with Crippen LogP contribution in [0.3, 0.4) is 0 Å². The summed E-state index contributed by atoms with van der Waals surface area (Å²) in [7, 11) is 1.93. The quantitative estimate of drug-likeness (QED) is 0.875. The number of nitrogen functional groups attached to an aromatic ring is 1. The highest BCUT2D eigenvalue weighted by Crippen LogP contribution is 2.23. The van der Waals surface area contributed by atoms with Crippen LogP contribution in [0.15, 0.2) is 12.3 Å². The molecule has 0 aliphatic carbocycles. The molecule has 0 amide bonds. The number of ether oxygens (including phenoxy) is 1. The zero-order chi connectivity index (χ0) is 13.0. The van der Waals surface area contributed by atoms with Crippen molar-refractivity contribution in [2.24, 2.45) is 0 Å². The van der Waals surface area contributed by atoms with Gasteiger partial charge < -0.3 is 15.4 Å². The van der Waals surface area contributed by atoms with E-state index in [1.807, 2.05) is 11.9 Å². The van der Waals surface area contributed by atoms with Crippen molar-refractivity contribution >= 4 is 11.5 Å². The summed E-state index contributed by atoms with van der Waals surface area (Å²) < 4.78 is 5.69. The summed E-state index contributed by atoms with van der Waals surface area (Å²) in [5.74, 6) is 0.656. The summed E-state index contributed by atoms with van der Waals surface area (Å²) in [4.78, 5) is 6.21. The summed E-state index contributed by atoms with van der Waals surface area (Å²) in [6, 6.07) is 3.70. The van der Waals surface area contributed by atoms with Crippen molar-refractivity contribution in [3.05, 3.63) is 17.8 Å². The second-order valence-corrected chi connectivity index (χ2v) is 4.58. The van der Waals surface area contributed by atoms with Gasteiger partial charge in [-0.3, -0.25) is 0 Å². The van der Waals surface area contributed by atoms with Gasteiger partial charge in [0.15, 0.2) is 5.82 Å². The number of hydrogen-bond donors (Lipinski definition) is 1. The number of pyridine rings is 1. The van der Waals surface area contributed by atoms with Crippen LogP contribution < -0.4 is 10.6 Å². The fraction of sp³-hybridized carbons (Fsp3) is 0.538. The number of aromatic nitrogens is 1. The molecule has 5 nitrogen and oxygen atoms in total. The number of nitrogens with two attached hydrogens (primary N) is 1. The van der Waals surface area contributed by atoms with E-state index in [0.29, 0.717) is 17.1 Å². The summed E-state index contributed by atoms with van der Waals surface area (Å²) >= 11 is 0. The van der Waals surface area contributed by atoms with Gasteiger partial charge in [-0.2, -0.15) is 5.26 Å². The average Bonchev–Trinajstić information content (AvgIpc) is 2.40. The molecule has 96 valence electrons. The van der Waals surface area contributed by atoms with E-state index in [4.69, 9.17) is 15.7 Å². The van der Waals surface area contributed by atoms with Crippen LogP contribution in [0.2, 0.25) is 0 Å². The van der Waals surface area contributed by atoms with E-state index in [-0.39, 0.29) is 6.10 Å². The number of hydrogen-bond acceptors (Lipinski definition) is 5. The molecule has 1 fully saturated rings. The first kappa shape index (κ1) is 12.7. The third-order valence-electron chi connectivity index (χ3n) is 3.20. The molecule has 1 saturated heterocycles. The Morgan fingerprint density at radius 3 is 3.11 bits per heavy atom. The van der Waals surface area contributed by atoms with Crippen molar-refractivity contribution in [2.45, 2.75) is 25.4 Å². The fourth-order valence-electron chi connectivity index (χ4n) is 2.21. The molecule has 2 N–H and O–H groups in total. The third kappa shape index (κ3) is 2.71. The first-order valence-corrected chi connectivity index (χ1v) is 6.19. The van der Waals surface area contributed by atoms with Crippen LogP contribution in [0.4, 0.5) is 11.5 Å². The molecule has 0 aromatic carbocycles. The van der Waals surface area contributed by atoms with Crippen LogP contribution in [0.1, 0.15) is 24.8 Å². The molecule has 0 spiro atoms. The number of nitriles is 1. The number of likely N-dealkylation sites (N-methyl/N-ethyl adjacent to an activating group) is 1. The fourth-order valence-corrected chi connectivity index (χ4v) is 2.21. The zero-order valence-electron chi connectivity index (χ0n) is 10.6. The lowest BCUT2D eigenvalue weighted by atomic mass is 10.1. The Balaban J connectivity index is 2.08. The number of anilines is 2. The molecule has 18 heavy (non-hydrogen) atoms. The molecular weight excluding hydrogens is 228 g/mol. The molecule has 2 rings (SSSR count). The number of rotatable bonds is 3. The first-order valence-electron chi connectivity index (χ1n) is 6.19. The lowest BCUT2D eigenvalue weighted by Crippen LogP contribution is -2.34. The Labute approximate surface area is 107 Å². The maximum absolute atomic E-state index is 8.95. The van der Waals surface area contributed by atoms with Crippen LogP contribution in [0.25, 0.3) is 0 Å². The van der Waals surface area contributed by atoms with Gasteiger partial charge in [-0.15, -0.1) is 0 Å². The second-order valence-electron chi connectivity index (χ2n) is 4.58. The SMILES string of the molecule is CN(CC1CCCCO1)c1nccc(C#N)c1N. The smallest absolute Gasteiger partial charge is 0.152 e. The largest absolute Gasteiger partial charge is 0.395 e. The van der Waals surface area contributed by atoms with E-state index in [2.05, 4.69) is 11.1 Å². The van der Waals surface area contributed by atoms with E-state index in [1.54, 1.807) is 12.3 Å². The minimum Gasteiger partial charge on any atom is -0.395 e. The molecule has 1 unspecified atom stereocenters. The predicted octanol–water partition coefficient (Wildman–Crippen LogP) is 1.54. The minimum absolute atomic E-state index is 0.232. The third-order valence-corrected chi connectivity index (χ3v) is 3.20. The topological polar surface area (TPSA) is 75.2 Å². The van der Waals surface area contributed by atoms with Crippen molar-refractivity contribution in [3.8, 4) is 6.07 Å². The molecule has 1 aliphatic heterocycles. The van der Waals surface area contributed by atoms with E-state index in [1.165, 1.54) is 6.42 Å². The van der Waals surface area contributed by atoms with Gasteiger partial charge in [0.05, 0.1) is 17.4 Å². The highest BCUT2D eigenvalue weighted by atomic mass is 16.5. The second kappa shape index (κ2) is 5.69. The lowest BCUT2D eigenvalue weighted by Gasteiger charge is -2.28. The van der Waals surface area contributed by atoms with Crippen molar-refractivity contribution in [1.82, 2.24) is 4.98 Å². The van der Waals surface area contributed by atoms with E-state index >= 15 is 0 Å². The molecule has 0 bridgehead atoms. The predicted molar refractivity (Wildman–Crippen MR) is 70.2 cm³/mol. The summed E-state index contributed by atoms with van der Waals surface area (Å²) in [6.45, 7) is 1.59. The number of nitrogens with zero attached hydrogens (tertiary/aromatic N) is 3. The molecule has 0 radical (unpaired) electrons. The molecule has 1 aromatic heterocycles. The van der Waals surface area contributed by atoms with Gasteiger partial charge in [0.25, 0.3) is 0 Å². The molecular formula is C13H18N4O. The van der Waals surface area contributed by atoms with Crippen molar-refractivity contribution in [3.63, 3.8) is 0 Å². The standard InChI is InChI=1S/C13H18N4O/c1-17(9-11-4-2-3-7-18-11)13-12(15)10(8-14)5-6-16-13/h5-6,11H,2-4,7,9,15H2,1H3. The molecule has 0 saturated carbocycles. The van der Waals surface area contributed by atoms with E-state index < -0.39 is 0 Å². The highest BCUT2D eigenvalue weighted by molar-refractivity contribution is 5.69. The lowest BCUT2D eigenvalue weighted by molar-refractivity contribution is 0.0215. The summed E-state index contributed by atoms with van der Waals surface area (Å²) in [5.41, 5.74) is 6.84. The van der Waals surface area contributed by atoms with Gasteiger partial charge in [0.1, 0.15) is 6.07 Å². The van der Waals surface area contributed by atoms with E-state index in [9.17, 15) is 0 Å². The van der Waals surface area contributed by atoms with Crippen molar-refractivity contribution in [1.29, 1.82) is 5.26 Å². The normalized spacial score (nSPS) is 19.2. The van der Waals surface area contributed by atoms with Gasteiger partial charge in [-0.1, -0.05) is 0 Å². The van der Waals surface area contributed by atoms with Crippen LogP contribution in [-0.4, -0.2) is 31.3 Å². The van der Waals surface area contributed by atoms with Crippen LogP contribution in [0.5, 0.6) is 0 Å². The Bertz CT molecular complexity index is 449. The van der Waals surface area contributed by atoms with Crippen LogP contribution in [-0.2, 0) is 4.74 Å². The molecule has 5 heteroatoms. The Morgan fingerprint density at radius 2 is 2.44 bits per heavy atom. The Hall–Kier alpha value is -1.80. The van der Waals surface area contributed by atoms with Gasteiger partial charge in [-0.05, 0) is 25.3 Å². The molecule has 1 aliphatic rings. The molecule has 1 atom stereocenters. The van der Waals surface area contributed by atoms with Gasteiger partial charge in [-0.25, -0.2) is 4.98 Å². The minimum atomic E-state index is 0.232. The Kier molecular flexibility index (Phi) is 4.00. The summed E-state index contributed by atoms with van der Waals surface area (Å²) in [6.07, 6.45) is 5.27. The summed E-state index contributed by atoms with van der Waals surface area (Å²) in [5, 5.41) is 8.95. The van der Waals surface area contributed by atoms with Crippen LogP contribution in [0, 0.1) is 11.3 Å². The maximum atomic E-state index is 8.95. The van der Waals surface area contributed by atoms with Crippen molar-refractivity contribution < 1.29 is 4.74 Å². The highest BCUT2D eigenvalue weighted by Gasteiger charge is 2.18. The van der Waals surface area contributed by atoms with Gasteiger partial charge in [0.2, 0.25) is 0 Å². The van der Waals surface area contributed by atoms with Gasteiger partial charge in [0, 0.05) is 26.4 Å². The van der Waals surface area contributed by atoms with Crippen molar-refractivity contribution in [2.75, 3.05) is 30.8 Å². The molecule has 1 aromatic rings. The average molecular weight is 246 g/mol. The van der Waals surface area contributed by atoms with E-state index in [0.717, 1.165) is 26.0 Å². The zero-order valence-corrected chi connectivity index (χ0v) is 10.6. The van der Waals surface area contributed by atoms with Crippen LogP contribution >= 0.6 is 0 Å². The first-order chi connectivity index (χ1) is 8.72. The van der Waals surface area contributed by atoms with Gasteiger partial charge >= 0.3 is 0 Å². The Morgan fingerprint density at radius 1 is 1.61 bits per heavy atom. The monoisotopic (exact) mass is 246 g/mol. The maximum Gasteiger partial charge on any atom is 0.152 e.